The van der Waals surface area contributed by atoms with Gasteiger partial charge in [-0.25, -0.2) is 13.2 Å². The van der Waals surface area contributed by atoms with Crippen LogP contribution in [-0.4, -0.2) is 35.9 Å². The Labute approximate surface area is 114 Å². The third kappa shape index (κ3) is 3.29. The van der Waals surface area contributed by atoms with E-state index >= 15 is 0 Å². The minimum absolute atomic E-state index is 0.113. The maximum absolute atomic E-state index is 11.3. The van der Waals surface area contributed by atoms with E-state index in [-0.39, 0.29) is 16.5 Å². The number of ether oxygens (including phenoxy) is 1. The van der Waals surface area contributed by atoms with Crippen molar-refractivity contribution in [3.8, 4) is 11.6 Å². The van der Waals surface area contributed by atoms with E-state index in [1.807, 2.05) is 0 Å². The highest BCUT2D eigenvalue weighted by Gasteiger charge is 2.08. The highest BCUT2D eigenvalue weighted by atomic mass is 32.2. The summed E-state index contributed by atoms with van der Waals surface area (Å²) in [5.74, 6) is -0.696. The van der Waals surface area contributed by atoms with Crippen molar-refractivity contribution in [1.82, 2.24) is 10.2 Å². The fourth-order valence-electron chi connectivity index (χ4n) is 1.36. The van der Waals surface area contributed by atoms with Crippen LogP contribution in [0.1, 0.15) is 10.5 Å². The molecule has 20 heavy (non-hydrogen) atoms. The minimum Gasteiger partial charge on any atom is -0.476 e. The summed E-state index contributed by atoms with van der Waals surface area (Å²) in [4.78, 5) is 10.8. The molecule has 0 radical (unpaired) electrons. The fourth-order valence-corrected chi connectivity index (χ4v) is 1.99. The number of carboxylic acids is 1. The molecule has 0 unspecified atom stereocenters. The number of benzene rings is 1. The van der Waals surface area contributed by atoms with Crippen LogP contribution in [0.3, 0.4) is 0 Å². The third-order valence-electron chi connectivity index (χ3n) is 2.33. The molecule has 2 rings (SSSR count). The van der Waals surface area contributed by atoms with Crippen molar-refractivity contribution in [3.63, 3.8) is 0 Å². The highest BCUT2D eigenvalue weighted by Crippen LogP contribution is 2.20. The lowest BCUT2D eigenvalue weighted by atomic mass is 10.3. The van der Waals surface area contributed by atoms with Crippen molar-refractivity contribution >= 4 is 15.8 Å². The summed E-state index contributed by atoms with van der Waals surface area (Å²) in [6, 6.07) is 8.39. The van der Waals surface area contributed by atoms with Crippen LogP contribution < -0.4 is 4.74 Å². The Hall–Kier alpha value is -2.48. The molecule has 1 aromatic carbocycles. The first-order chi connectivity index (χ1) is 9.36. The number of carboxylic acid groups (broad SMARTS) is 1. The smallest absolute Gasteiger partial charge is 0.356 e. The average Bonchev–Trinajstić information content (AvgIpc) is 2.39. The van der Waals surface area contributed by atoms with Crippen LogP contribution in [0.5, 0.6) is 11.6 Å². The van der Waals surface area contributed by atoms with E-state index in [1.165, 1.54) is 36.4 Å². The van der Waals surface area contributed by atoms with E-state index in [0.717, 1.165) is 6.26 Å². The molecule has 7 nitrogen and oxygen atoms in total. The second-order valence-electron chi connectivity index (χ2n) is 3.91. The lowest BCUT2D eigenvalue weighted by Crippen LogP contribution is -2.02. The molecule has 1 aromatic heterocycles. The van der Waals surface area contributed by atoms with Crippen molar-refractivity contribution in [1.29, 1.82) is 0 Å². The Balaban J connectivity index is 2.16. The quantitative estimate of drug-likeness (QED) is 0.907. The Morgan fingerprint density at radius 1 is 1.10 bits per heavy atom. The molecule has 0 spiro atoms. The lowest BCUT2D eigenvalue weighted by molar-refractivity contribution is 0.0689. The number of rotatable bonds is 4. The molecule has 1 heterocycles. The van der Waals surface area contributed by atoms with E-state index in [0.29, 0.717) is 5.75 Å². The number of sulfone groups is 1. The molecule has 0 atom stereocenters. The summed E-state index contributed by atoms with van der Waals surface area (Å²) in [6.07, 6.45) is 1.11. The predicted molar refractivity (Wildman–Crippen MR) is 68.6 cm³/mol. The lowest BCUT2D eigenvalue weighted by Gasteiger charge is -2.04. The van der Waals surface area contributed by atoms with Gasteiger partial charge in [-0.15, -0.1) is 10.2 Å². The second-order valence-corrected chi connectivity index (χ2v) is 5.92. The zero-order valence-corrected chi connectivity index (χ0v) is 11.2. The molecule has 0 saturated heterocycles. The molecular formula is C12H10N2O5S. The Morgan fingerprint density at radius 2 is 1.75 bits per heavy atom. The standard InChI is InChI=1S/C12H10N2O5S/c1-20(17,18)9-4-2-8(3-5-9)19-11-7-6-10(12(15)16)13-14-11/h2-7H,1H3,(H,15,16). The Kier molecular flexibility index (Phi) is 3.66. The van der Waals surface area contributed by atoms with Crippen molar-refractivity contribution in [2.75, 3.05) is 6.26 Å². The highest BCUT2D eigenvalue weighted by molar-refractivity contribution is 7.90. The largest absolute Gasteiger partial charge is 0.476 e. The van der Waals surface area contributed by atoms with Gasteiger partial charge in [0.25, 0.3) is 0 Å². The number of hydrogen-bond donors (Lipinski definition) is 1. The molecular weight excluding hydrogens is 284 g/mol. The summed E-state index contributed by atoms with van der Waals surface area (Å²) < 4.78 is 27.9. The summed E-state index contributed by atoms with van der Waals surface area (Å²) in [5.41, 5.74) is -0.190. The number of aromatic nitrogens is 2. The Bertz CT molecular complexity index is 723. The van der Waals surface area contributed by atoms with Crippen LogP contribution in [0.25, 0.3) is 0 Å². The van der Waals surface area contributed by atoms with E-state index < -0.39 is 15.8 Å². The molecule has 0 amide bonds. The van der Waals surface area contributed by atoms with Gasteiger partial charge in [-0.05, 0) is 30.3 Å². The Morgan fingerprint density at radius 3 is 2.20 bits per heavy atom. The minimum atomic E-state index is -3.26. The van der Waals surface area contributed by atoms with E-state index in [1.54, 1.807) is 0 Å². The molecule has 2 aromatic rings. The van der Waals surface area contributed by atoms with Crippen LogP contribution >= 0.6 is 0 Å². The van der Waals surface area contributed by atoms with Crippen molar-refractivity contribution < 1.29 is 23.1 Å². The molecule has 8 heteroatoms. The number of aromatic carboxylic acids is 1. The van der Waals surface area contributed by atoms with Crippen LogP contribution in [0.2, 0.25) is 0 Å². The van der Waals surface area contributed by atoms with Crippen molar-refractivity contribution in [2.24, 2.45) is 0 Å². The molecule has 0 aliphatic rings. The fraction of sp³-hybridized carbons (Fsp3) is 0.0833. The monoisotopic (exact) mass is 294 g/mol. The zero-order valence-electron chi connectivity index (χ0n) is 10.3. The van der Waals surface area contributed by atoms with Gasteiger partial charge in [0.2, 0.25) is 5.88 Å². The van der Waals surface area contributed by atoms with Gasteiger partial charge >= 0.3 is 5.97 Å². The first-order valence-electron chi connectivity index (χ1n) is 5.41. The van der Waals surface area contributed by atoms with Crippen LogP contribution in [0.15, 0.2) is 41.3 Å². The molecule has 1 N–H and O–H groups in total. The second kappa shape index (κ2) is 5.25. The van der Waals surface area contributed by atoms with Gasteiger partial charge < -0.3 is 9.84 Å². The van der Waals surface area contributed by atoms with Gasteiger partial charge in [-0.3, -0.25) is 0 Å². The molecule has 0 saturated carbocycles. The van der Waals surface area contributed by atoms with Crippen LogP contribution in [-0.2, 0) is 9.84 Å². The SMILES string of the molecule is CS(=O)(=O)c1ccc(Oc2ccc(C(=O)O)nn2)cc1. The maximum Gasteiger partial charge on any atom is 0.356 e. The number of hydrogen-bond acceptors (Lipinski definition) is 6. The molecule has 104 valence electrons. The summed E-state index contributed by atoms with van der Waals surface area (Å²) in [5, 5.41) is 15.7. The van der Waals surface area contributed by atoms with Gasteiger partial charge in [0.1, 0.15) is 5.75 Å². The normalized spacial score (nSPS) is 11.1. The molecule has 0 bridgehead atoms. The number of carbonyl (C=O) groups is 1. The summed E-state index contributed by atoms with van der Waals surface area (Å²) in [7, 11) is -3.26. The summed E-state index contributed by atoms with van der Waals surface area (Å²) >= 11 is 0. The van der Waals surface area contributed by atoms with Gasteiger partial charge in [0.15, 0.2) is 15.5 Å². The van der Waals surface area contributed by atoms with Crippen LogP contribution in [0, 0.1) is 0 Å². The average molecular weight is 294 g/mol. The molecule has 0 aliphatic heterocycles. The van der Waals surface area contributed by atoms with Crippen molar-refractivity contribution in [2.45, 2.75) is 4.90 Å². The maximum atomic E-state index is 11.3. The van der Waals surface area contributed by atoms with Crippen LogP contribution in [0.4, 0.5) is 0 Å². The first-order valence-corrected chi connectivity index (χ1v) is 7.30. The molecule has 0 aliphatic carbocycles. The zero-order chi connectivity index (χ0) is 14.8. The van der Waals surface area contributed by atoms with Gasteiger partial charge in [0, 0.05) is 12.3 Å². The number of nitrogens with zero attached hydrogens (tertiary/aromatic N) is 2. The van der Waals surface area contributed by atoms with E-state index in [2.05, 4.69) is 10.2 Å². The topological polar surface area (TPSA) is 106 Å². The van der Waals surface area contributed by atoms with E-state index in [9.17, 15) is 13.2 Å². The van der Waals surface area contributed by atoms with Gasteiger partial charge in [-0.1, -0.05) is 0 Å². The van der Waals surface area contributed by atoms with Gasteiger partial charge in [0.05, 0.1) is 4.90 Å². The third-order valence-corrected chi connectivity index (χ3v) is 3.46. The first kappa shape index (κ1) is 13.9. The summed E-state index contributed by atoms with van der Waals surface area (Å²) in [6.45, 7) is 0. The van der Waals surface area contributed by atoms with Gasteiger partial charge in [-0.2, -0.15) is 0 Å². The predicted octanol–water partition coefficient (Wildman–Crippen LogP) is 1.37. The van der Waals surface area contributed by atoms with E-state index in [4.69, 9.17) is 9.84 Å². The molecule has 0 fully saturated rings. The van der Waals surface area contributed by atoms with Crippen molar-refractivity contribution in [3.05, 3.63) is 42.1 Å².